The molecule has 1 heterocycles. The lowest BCUT2D eigenvalue weighted by atomic mass is 10.0. The molecule has 0 aliphatic rings. The van der Waals surface area contributed by atoms with Gasteiger partial charge in [-0.2, -0.15) is 0 Å². The van der Waals surface area contributed by atoms with Crippen molar-refractivity contribution in [2.45, 2.75) is 27.2 Å². The van der Waals surface area contributed by atoms with E-state index in [1.807, 2.05) is 26.0 Å². The van der Waals surface area contributed by atoms with Gasteiger partial charge in [0.2, 0.25) is 5.91 Å². The average Bonchev–Trinajstić information content (AvgIpc) is 2.90. The zero-order chi connectivity index (χ0) is 17.3. The van der Waals surface area contributed by atoms with Crippen molar-refractivity contribution >= 4 is 28.3 Å². The number of benzene rings is 2. The Morgan fingerprint density at radius 1 is 1.17 bits per heavy atom. The number of anilines is 1. The molecule has 0 atom stereocenters. The second kappa shape index (κ2) is 6.28. The van der Waals surface area contributed by atoms with Crippen molar-refractivity contribution in [2.75, 3.05) is 5.32 Å². The first-order valence-corrected chi connectivity index (χ1v) is 7.70. The van der Waals surface area contributed by atoms with Gasteiger partial charge in [-0.05, 0) is 50.1 Å². The number of nitrogens with one attached hydrogen (secondary N) is 1. The first-order valence-electron chi connectivity index (χ1n) is 7.70. The summed E-state index contributed by atoms with van der Waals surface area (Å²) in [6.07, 6.45) is 0.112. The number of aryl methyl sites for hydroxylation is 2. The summed E-state index contributed by atoms with van der Waals surface area (Å²) < 4.78 is 5.34. The number of amides is 1. The van der Waals surface area contributed by atoms with Crippen molar-refractivity contribution in [1.82, 2.24) is 5.16 Å². The highest BCUT2D eigenvalue weighted by Gasteiger charge is 2.15. The summed E-state index contributed by atoms with van der Waals surface area (Å²) in [5.41, 5.74) is 4.58. The molecule has 0 fully saturated rings. The summed E-state index contributed by atoms with van der Waals surface area (Å²) in [7, 11) is 0. The average molecular weight is 322 g/mol. The molecular formula is C19H18N2O3. The molecule has 3 rings (SSSR count). The van der Waals surface area contributed by atoms with Gasteiger partial charge in [-0.25, -0.2) is 0 Å². The van der Waals surface area contributed by atoms with Crippen LogP contribution in [-0.4, -0.2) is 16.8 Å². The van der Waals surface area contributed by atoms with Crippen LogP contribution in [0.25, 0.3) is 11.0 Å². The molecule has 1 aromatic heterocycles. The fourth-order valence-corrected chi connectivity index (χ4v) is 2.81. The fraction of sp³-hybridized carbons (Fsp3) is 0.211. The molecular weight excluding hydrogens is 304 g/mol. The Morgan fingerprint density at radius 3 is 2.71 bits per heavy atom. The summed E-state index contributed by atoms with van der Waals surface area (Å²) in [5, 5.41) is 7.72. The molecule has 2 aromatic carbocycles. The van der Waals surface area contributed by atoms with Crippen LogP contribution in [0.1, 0.15) is 34.1 Å². The molecule has 1 N–H and O–H groups in total. The number of nitrogens with zero attached hydrogens (tertiary/aromatic N) is 1. The Hall–Kier alpha value is -2.95. The zero-order valence-electron chi connectivity index (χ0n) is 13.8. The van der Waals surface area contributed by atoms with Crippen LogP contribution < -0.4 is 5.32 Å². The van der Waals surface area contributed by atoms with E-state index in [-0.39, 0.29) is 18.1 Å². The van der Waals surface area contributed by atoms with Crippen molar-refractivity contribution in [2.24, 2.45) is 0 Å². The minimum atomic E-state index is -0.203. The van der Waals surface area contributed by atoms with Crippen LogP contribution in [0.15, 0.2) is 40.9 Å². The third-order valence-electron chi connectivity index (χ3n) is 3.87. The second-order valence-corrected chi connectivity index (χ2v) is 5.95. The molecule has 0 saturated heterocycles. The van der Waals surface area contributed by atoms with Gasteiger partial charge in [-0.3, -0.25) is 9.59 Å². The fourth-order valence-electron chi connectivity index (χ4n) is 2.81. The molecule has 0 radical (unpaired) electrons. The molecule has 5 nitrogen and oxygen atoms in total. The second-order valence-electron chi connectivity index (χ2n) is 5.95. The van der Waals surface area contributed by atoms with Gasteiger partial charge in [0.15, 0.2) is 11.4 Å². The standard InChI is InChI=1S/C19H18N2O3/c1-11-7-12(2)19-16(21-24-17(19)8-11)10-18(23)20-15-6-4-5-14(9-15)13(3)22/h4-9H,10H2,1-3H3,(H,20,23). The largest absolute Gasteiger partial charge is 0.356 e. The lowest BCUT2D eigenvalue weighted by Crippen LogP contribution is -2.15. The number of carbonyl (C=O) groups excluding carboxylic acids is 2. The number of rotatable bonds is 4. The predicted molar refractivity (Wildman–Crippen MR) is 92.3 cm³/mol. The van der Waals surface area contributed by atoms with E-state index in [1.54, 1.807) is 24.3 Å². The van der Waals surface area contributed by atoms with Gasteiger partial charge in [0.05, 0.1) is 6.42 Å². The van der Waals surface area contributed by atoms with E-state index in [9.17, 15) is 9.59 Å². The summed E-state index contributed by atoms with van der Waals surface area (Å²) in [6, 6.07) is 10.8. The normalized spacial score (nSPS) is 10.8. The summed E-state index contributed by atoms with van der Waals surface area (Å²) in [4.78, 5) is 23.7. The molecule has 0 aliphatic heterocycles. The van der Waals surface area contributed by atoms with Gasteiger partial charge in [0, 0.05) is 16.6 Å². The quantitative estimate of drug-likeness (QED) is 0.741. The smallest absolute Gasteiger partial charge is 0.230 e. The molecule has 3 aromatic rings. The lowest BCUT2D eigenvalue weighted by molar-refractivity contribution is -0.115. The number of Topliss-reactive ketones (excluding diaryl/α,β-unsaturated/α-hetero) is 1. The SMILES string of the molecule is CC(=O)c1cccc(NC(=O)Cc2noc3cc(C)cc(C)c23)c1. The van der Waals surface area contributed by atoms with E-state index in [4.69, 9.17) is 4.52 Å². The first kappa shape index (κ1) is 15.9. The Kier molecular flexibility index (Phi) is 4.16. The molecule has 24 heavy (non-hydrogen) atoms. The minimum absolute atomic E-state index is 0.0420. The Labute approximate surface area is 139 Å². The monoisotopic (exact) mass is 322 g/mol. The van der Waals surface area contributed by atoms with Gasteiger partial charge in [0.1, 0.15) is 5.69 Å². The van der Waals surface area contributed by atoms with Crippen LogP contribution >= 0.6 is 0 Å². The van der Waals surface area contributed by atoms with E-state index in [0.29, 0.717) is 22.5 Å². The molecule has 0 bridgehead atoms. The lowest BCUT2D eigenvalue weighted by Gasteiger charge is -2.06. The number of carbonyl (C=O) groups is 2. The number of ketones is 1. The van der Waals surface area contributed by atoms with E-state index < -0.39 is 0 Å². The van der Waals surface area contributed by atoms with Crippen molar-refractivity contribution in [1.29, 1.82) is 0 Å². The van der Waals surface area contributed by atoms with Crippen LogP contribution in [0.2, 0.25) is 0 Å². The third kappa shape index (κ3) is 3.20. The van der Waals surface area contributed by atoms with Gasteiger partial charge in [0.25, 0.3) is 0 Å². The maximum absolute atomic E-state index is 12.3. The molecule has 0 unspecified atom stereocenters. The highest BCUT2D eigenvalue weighted by Crippen LogP contribution is 2.24. The zero-order valence-corrected chi connectivity index (χ0v) is 13.8. The molecule has 0 saturated carbocycles. The highest BCUT2D eigenvalue weighted by atomic mass is 16.5. The first-order chi connectivity index (χ1) is 11.4. The molecule has 0 aliphatic carbocycles. The van der Waals surface area contributed by atoms with Crippen LogP contribution in [0.5, 0.6) is 0 Å². The van der Waals surface area contributed by atoms with Crippen LogP contribution in [-0.2, 0) is 11.2 Å². The Balaban J connectivity index is 1.81. The van der Waals surface area contributed by atoms with Crippen molar-refractivity contribution < 1.29 is 14.1 Å². The number of hydrogen-bond acceptors (Lipinski definition) is 4. The Morgan fingerprint density at radius 2 is 1.96 bits per heavy atom. The Bertz CT molecular complexity index is 941. The van der Waals surface area contributed by atoms with Crippen molar-refractivity contribution in [3.63, 3.8) is 0 Å². The molecule has 5 heteroatoms. The van der Waals surface area contributed by atoms with E-state index >= 15 is 0 Å². The number of aromatic nitrogens is 1. The third-order valence-corrected chi connectivity index (χ3v) is 3.87. The van der Waals surface area contributed by atoms with Crippen LogP contribution in [0, 0.1) is 13.8 Å². The predicted octanol–water partition coefficient (Wildman–Crippen LogP) is 3.83. The number of fused-ring (bicyclic) bond motifs is 1. The van der Waals surface area contributed by atoms with Gasteiger partial charge >= 0.3 is 0 Å². The molecule has 1 amide bonds. The van der Waals surface area contributed by atoms with Gasteiger partial charge in [-0.15, -0.1) is 0 Å². The number of hydrogen-bond donors (Lipinski definition) is 1. The van der Waals surface area contributed by atoms with E-state index in [1.165, 1.54) is 6.92 Å². The highest BCUT2D eigenvalue weighted by molar-refractivity contribution is 5.98. The summed E-state index contributed by atoms with van der Waals surface area (Å²) in [6.45, 7) is 5.46. The molecule has 0 spiro atoms. The maximum Gasteiger partial charge on any atom is 0.230 e. The summed E-state index contributed by atoms with van der Waals surface area (Å²) >= 11 is 0. The minimum Gasteiger partial charge on any atom is -0.356 e. The van der Waals surface area contributed by atoms with Crippen LogP contribution in [0.3, 0.4) is 0 Å². The van der Waals surface area contributed by atoms with Crippen LogP contribution in [0.4, 0.5) is 5.69 Å². The maximum atomic E-state index is 12.3. The van der Waals surface area contributed by atoms with Gasteiger partial charge in [-0.1, -0.05) is 23.4 Å². The topological polar surface area (TPSA) is 72.2 Å². The molecule has 122 valence electrons. The van der Waals surface area contributed by atoms with Gasteiger partial charge < -0.3 is 9.84 Å². The van der Waals surface area contributed by atoms with Crippen molar-refractivity contribution in [3.05, 3.63) is 58.8 Å². The van der Waals surface area contributed by atoms with Crippen molar-refractivity contribution in [3.8, 4) is 0 Å². The van der Waals surface area contributed by atoms with E-state index in [0.717, 1.165) is 16.5 Å². The van der Waals surface area contributed by atoms with E-state index in [2.05, 4.69) is 10.5 Å². The summed E-state index contributed by atoms with van der Waals surface area (Å²) in [5.74, 6) is -0.245.